The van der Waals surface area contributed by atoms with Gasteiger partial charge in [0.05, 0.1) is 11.5 Å². The highest BCUT2D eigenvalue weighted by Crippen LogP contribution is 2.21. The Bertz CT molecular complexity index is 462. The van der Waals surface area contributed by atoms with Gasteiger partial charge in [0.15, 0.2) is 0 Å². The van der Waals surface area contributed by atoms with E-state index in [2.05, 4.69) is 0 Å². The molecule has 2 N–H and O–H groups in total. The van der Waals surface area contributed by atoms with E-state index in [0.29, 0.717) is 25.6 Å². The number of piperidine rings is 1. The van der Waals surface area contributed by atoms with Crippen molar-refractivity contribution in [3.05, 3.63) is 0 Å². The van der Waals surface area contributed by atoms with Gasteiger partial charge in [-0.25, -0.2) is 21.1 Å². The molecule has 116 valence electrons. The van der Waals surface area contributed by atoms with Crippen molar-refractivity contribution in [3.63, 3.8) is 0 Å². The lowest BCUT2D eigenvalue weighted by molar-refractivity contribution is 0.258. The fourth-order valence-corrected chi connectivity index (χ4v) is 5.29. The van der Waals surface area contributed by atoms with Crippen LogP contribution in [0.2, 0.25) is 0 Å². The smallest absolute Gasteiger partial charge is 0.215 e. The van der Waals surface area contributed by atoms with Gasteiger partial charge < -0.3 is 5.73 Å². The molecule has 6 nitrogen and oxygen atoms in total. The van der Waals surface area contributed by atoms with Crippen LogP contribution in [0.1, 0.15) is 19.3 Å². The van der Waals surface area contributed by atoms with Gasteiger partial charge >= 0.3 is 0 Å². The Hall–Kier alpha value is 0.110. The van der Waals surface area contributed by atoms with Gasteiger partial charge in [0.25, 0.3) is 0 Å². The first kappa shape index (κ1) is 19.1. The van der Waals surface area contributed by atoms with Crippen molar-refractivity contribution in [1.82, 2.24) is 4.31 Å². The lowest BCUT2D eigenvalue weighted by Crippen LogP contribution is -2.42. The van der Waals surface area contributed by atoms with Crippen molar-refractivity contribution in [3.8, 4) is 0 Å². The van der Waals surface area contributed by atoms with Gasteiger partial charge in [-0.2, -0.15) is 0 Å². The van der Waals surface area contributed by atoms with Crippen LogP contribution < -0.4 is 5.73 Å². The summed E-state index contributed by atoms with van der Waals surface area (Å²) in [6.45, 7) is 1.53. The summed E-state index contributed by atoms with van der Waals surface area (Å²) in [7, 11) is -6.70. The number of hydrogen-bond donors (Lipinski definition) is 1. The van der Waals surface area contributed by atoms with Gasteiger partial charge in [0, 0.05) is 19.3 Å². The fourth-order valence-electron chi connectivity index (χ4n) is 2.14. The van der Waals surface area contributed by atoms with E-state index in [4.69, 9.17) is 5.73 Å². The molecule has 0 amide bonds. The van der Waals surface area contributed by atoms with Crippen molar-refractivity contribution in [1.29, 1.82) is 0 Å². The standard InChI is InChI=1S/C10H22N2O4S2.ClH/c1-17(13,14)7-8-18(15,16)12-6-2-3-10(9-12)4-5-11;/h10H,2-9,11H2,1H3;1H. The van der Waals surface area contributed by atoms with Crippen molar-refractivity contribution in [2.75, 3.05) is 37.4 Å². The molecule has 1 aliphatic rings. The normalized spacial score (nSPS) is 21.9. The third-order valence-corrected chi connectivity index (χ3v) is 6.20. The Morgan fingerprint density at radius 2 is 1.84 bits per heavy atom. The molecule has 0 aromatic carbocycles. The number of rotatable bonds is 6. The largest absolute Gasteiger partial charge is 0.330 e. The van der Waals surface area contributed by atoms with Crippen LogP contribution in [0.3, 0.4) is 0 Å². The van der Waals surface area contributed by atoms with Crippen LogP contribution in [-0.4, -0.2) is 58.5 Å². The summed E-state index contributed by atoms with van der Waals surface area (Å²) in [5.41, 5.74) is 5.48. The Labute approximate surface area is 122 Å². The van der Waals surface area contributed by atoms with Crippen LogP contribution in [0.5, 0.6) is 0 Å². The van der Waals surface area contributed by atoms with E-state index in [1.54, 1.807) is 0 Å². The lowest BCUT2D eigenvalue weighted by Gasteiger charge is -2.31. The van der Waals surface area contributed by atoms with Crippen molar-refractivity contribution >= 4 is 32.3 Å². The number of sulfonamides is 1. The number of nitrogens with two attached hydrogens (primary N) is 1. The molecule has 0 bridgehead atoms. The summed E-state index contributed by atoms with van der Waals surface area (Å²) in [5.74, 6) is -0.328. The summed E-state index contributed by atoms with van der Waals surface area (Å²) < 4.78 is 47.5. The maximum atomic E-state index is 12.0. The van der Waals surface area contributed by atoms with Gasteiger partial charge in [0.1, 0.15) is 9.84 Å². The van der Waals surface area contributed by atoms with Crippen LogP contribution in [0.4, 0.5) is 0 Å². The number of halogens is 1. The monoisotopic (exact) mass is 334 g/mol. The maximum Gasteiger partial charge on any atom is 0.215 e. The van der Waals surface area contributed by atoms with Gasteiger partial charge in [-0.1, -0.05) is 0 Å². The van der Waals surface area contributed by atoms with Gasteiger partial charge in [-0.15, -0.1) is 12.4 Å². The molecule has 0 radical (unpaired) electrons. The molecule has 0 saturated carbocycles. The molecule has 0 spiro atoms. The minimum atomic E-state index is -3.45. The first-order chi connectivity index (χ1) is 8.24. The van der Waals surface area contributed by atoms with E-state index >= 15 is 0 Å². The zero-order chi connectivity index (χ0) is 13.8. The second-order valence-electron chi connectivity index (χ2n) is 4.89. The zero-order valence-corrected chi connectivity index (χ0v) is 13.6. The van der Waals surface area contributed by atoms with Crippen LogP contribution in [0, 0.1) is 5.92 Å². The molecule has 1 rings (SSSR count). The van der Waals surface area contributed by atoms with Crippen molar-refractivity contribution in [2.45, 2.75) is 19.3 Å². The predicted octanol–water partition coefficient (Wildman–Crippen LogP) is -0.157. The molecule has 1 saturated heterocycles. The van der Waals surface area contributed by atoms with E-state index in [-0.39, 0.29) is 23.9 Å². The molecule has 1 aliphatic heterocycles. The third kappa shape index (κ3) is 6.89. The van der Waals surface area contributed by atoms with Gasteiger partial charge in [0.2, 0.25) is 10.0 Å². The Balaban J connectivity index is 0.00000324. The summed E-state index contributed by atoms with van der Waals surface area (Å²) in [6, 6.07) is 0. The van der Waals surface area contributed by atoms with E-state index < -0.39 is 19.9 Å². The highest BCUT2D eigenvalue weighted by molar-refractivity contribution is 7.93. The van der Waals surface area contributed by atoms with Crippen LogP contribution >= 0.6 is 12.4 Å². The number of hydrogen-bond acceptors (Lipinski definition) is 5. The van der Waals surface area contributed by atoms with E-state index in [0.717, 1.165) is 25.5 Å². The molecule has 1 atom stereocenters. The van der Waals surface area contributed by atoms with E-state index in [1.165, 1.54) is 4.31 Å². The van der Waals surface area contributed by atoms with Crippen LogP contribution in [0.25, 0.3) is 0 Å². The summed E-state index contributed by atoms with van der Waals surface area (Å²) in [4.78, 5) is 0. The lowest BCUT2D eigenvalue weighted by atomic mass is 9.96. The Morgan fingerprint density at radius 3 is 2.37 bits per heavy atom. The molecule has 0 aliphatic carbocycles. The molecular formula is C10H23ClN2O4S2. The fraction of sp³-hybridized carbons (Fsp3) is 1.00. The van der Waals surface area contributed by atoms with Crippen LogP contribution in [-0.2, 0) is 19.9 Å². The Kier molecular flexibility index (Phi) is 7.82. The summed E-state index contributed by atoms with van der Waals surface area (Å²) >= 11 is 0. The molecule has 19 heavy (non-hydrogen) atoms. The first-order valence-corrected chi connectivity index (χ1v) is 9.77. The molecule has 0 aromatic rings. The van der Waals surface area contributed by atoms with E-state index in [1.807, 2.05) is 0 Å². The second kappa shape index (κ2) is 7.78. The predicted molar refractivity (Wildman–Crippen MR) is 78.7 cm³/mol. The highest BCUT2D eigenvalue weighted by Gasteiger charge is 2.29. The maximum absolute atomic E-state index is 12.0. The van der Waals surface area contributed by atoms with Gasteiger partial charge in [-0.05, 0) is 31.7 Å². The summed E-state index contributed by atoms with van der Waals surface area (Å²) in [6.07, 6.45) is 3.69. The van der Waals surface area contributed by atoms with Gasteiger partial charge in [-0.3, -0.25) is 0 Å². The topological polar surface area (TPSA) is 97.5 Å². The average molecular weight is 335 g/mol. The number of nitrogens with zero attached hydrogens (tertiary/aromatic N) is 1. The Morgan fingerprint density at radius 1 is 1.21 bits per heavy atom. The average Bonchev–Trinajstić information content (AvgIpc) is 2.27. The van der Waals surface area contributed by atoms with Crippen LogP contribution in [0.15, 0.2) is 0 Å². The molecule has 0 aromatic heterocycles. The van der Waals surface area contributed by atoms with E-state index in [9.17, 15) is 16.8 Å². The quantitative estimate of drug-likeness (QED) is 0.728. The zero-order valence-electron chi connectivity index (χ0n) is 11.1. The third-order valence-electron chi connectivity index (χ3n) is 3.16. The molecule has 1 fully saturated rings. The summed E-state index contributed by atoms with van der Waals surface area (Å²) in [5, 5.41) is 0. The molecular weight excluding hydrogens is 312 g/mol. The van der Waals surface area contributed by atoms with Crippen molar-refractivity contribution < 1.29 is 16.8 Å². The minimum Gasteiger partial charge on any atom is -0.330 e. The second-order valence-corrected chi connectivity index (χ2v) is 9.24. The first-order valence-electron chi connectivity index (χ1n) is 6.10. The highest BCUT2D eigenvalue weighted by atomic mass is 35.5. The molecule has 1 unspecified atom stereocenters. The number of sulfone groups is 1. The molecule has 1 heterocycles. The van der Waals surface area contributed by atoms with Crippen molar-refractivity contribution in [2.24, 2.45) is 11.7 Å². The molecule has 9 heteroatoms. The SMILES string of the molecule is CS(=O)(=O)CCS(=O)(=O)N1CCCC(CCN)C1.Cl. The minimum absolute atomic E-state index is 0.